The largest absolute Gasteiger partial charge is 0.458 e. The Morgan fingerprint density at radius 1 is 1.47 bits per heavy atom. The maximum Gasteiger partial charge on any atom is 0.331 e. The van der Waals surface area contributed by atoms with E-state index in [-0.39, 0.29) is 5.97 Å². The Labute approximate surface area is 111 Å². The minimum Gasteiger partial charge on any atom is -0.458 e. The van der Waals surface area contributed by atoms with Gasteiger partial charge in [-0.15, -0.1) is 0 Å². The SMILES string of the molecule is CN1CCN(C(=S)SCC2=CC(=O)OC2)CC1. The molecule has 2 aliphatic heterocycles. The third kappa shape index (κ3) is 3.69. The van der Waals surface area contributed by atoms with Gasteiger partial charge in [0.2, 0.25) is 0 Å². The van der Waals surface area contributed by atoms with Crippen LogP contribution in [0.3, 0.4) is 0 Å². The van der Waals surface area contributed by atoms with Crippen LogP contribution in [0.2, 0.25) is 0 Å². The van der Waals surface area contributed by atoms with E-state index in [1.807, 2.05) is 0 Å². The molecule has 0 saturated carbocycles. The summed E-state index contributed by atoms with van der Waals surface area (Å²) >= 11 is 7.02. The molecule has 0 aromatic carbocycles. The van der Waals surface area contributed by atoms with Gasteiger partial charge in [-0.05, 0) is 12.6 Å². The van der Waals surface area contributed by atoms with Crippen molar-refractivity contribution in [2.45, 2.75) is 0 Å². The van der Waals surface area contributed by atoms with E-state index < -0.39 is 0 Å². The summed E-state index contributed by atoms with van der Waals surface area (Å²) in [6.45, 7) is 4.54. The van der Waals surface area contributed by atoms with E-state index in [1.54, 1.807) is 17.8 Å². The van der Waals surface area contributed by atoms with Crippen molar-refractivity contribution in [3.05, 3.63) is 11.6 Å². The maximum atomic E-state index is 10.9. The standard InChI is InChI=1S/C11H16N2O2S2/c1-12-2-4-13(5-3-12)11(16)17-8-9-6-10(14)15-7-9/h6H,2-5,7-8H2,1H3. The molecule has 0 unspecified atom stereocenters. The lowest BCUT2D eigenvalue weighted by atomic mass is 10.3. The molecule has 0 N–H and O–H groups in total. The minimum absolute atomic E-state index is 0.230. The van der Waals surface area contributed by atoms with E-state index in [0.29, 0.717) is 6.61 Å². The van der Waals surface area contributed by atoms with Crippen molar-refractivity contribution in [3.8, 4) is 0 Å². The fourth-order valence-electron chi connectivity index (χ4n) is 1.73. The summed E-state index contributed by atoms with van der Waals surface area (Å²) in [6.07, 6.45) is 1.57. The lowest BCUT2D eigenvalue weighted by Crippen LogP contribution is -2.45. The summed E-state index contributed by atoms with van der Waals surface area (Å²) in [5.74, 6) is 0.530. The smallest absolute Gasteiger partial charge is 0.331 e. The molecule has 0 radical (unpaired) electrons. The Bertz CT molecular complexity index is 349. The first-order chi connectivity index (χ1) is 8.15. The second-order valence-corrected chi connectivity index (χ2v) is 5.86. The third-order valence-electron chi connectivity index (χ3n) is 2.86. The van der Waals surface area contributed by atoms with Gasteiger partial charge in [-0.2, -0.15) is 0 Å². The summed E-state index contributed by atoms with van der Waals surface area (Å²) in [7, 11) is 2.12. The Morgan fingerprint density at radius 3 is 2.76 bits per heavy atom. The summed E-state index contributed by atoms with van der Waals surface area (Å²) in [4.78, 5) is 15.4. The quantitative estimate of drug-likeness (QED) is 0.544. The molecule has 0 amide bonds. The summed E-state index contributed by atoms with van der Waals surface area (Å²) in [5.41, 5.74) is 1.02. The number of cyclic esters (lactones) is 1. The molecule has 0 aliphatic carbocycles. The van der Waals surface area contributed by atoms with Gasteiger partial charge in [0.1, 0.15) is 10.9 Å². The number of carbonyl (C=O) groups excluding carboxylic acids is 1. The van der Waals surface area contributed by atoms with Gasteiger partial charge in [-0.3, -0.25) is 0 Å². The molecular weight excluding hydrogens is 256 g/mol. The molecule has 1 saturated heterocycles. The number of hydrogen-bond donors (Lipinski definition) is 0. The Kier molecular flexibility index (Phi) is 4.42. The van der Waals surface area contributed by atoms with Crippen molar-refractivity contribution in [2.75, 3.05) is 45.6 Å². The molecule has 2 heterocycles. The van der Waals surface area contributed by atoms with Crippen LogP contribution in [-0.4, -0.2) is 65.7 Å². The maximum absolute atomic E-state index is 10.9. The molecule has 0 bridgehead atoms. The van der Waals surface area contributed by atoms with Crippen molar-refractivity contribution >= 4 is 34.3 Å². The summed E-state index contributed by atoms with van der Waals surface area (Å²) < 4.78 is 5.78. The predicted octanol–water partition coefficient (Wildman–Crippen LogP) is 0.735. The molecule has 2 rings (SSSR count). The number of likely N-dealkylation sites (N-methyl/N-ethyl adjacent to an activating group) is 1. The van der Waals surface area contributed by atoms with E-state index in [2.05, 4.69) is 16.8 Å². The highest BCUT2D eigenvalue weighted by atomic mass is 32.2. The average molecular weight is 272 g/mol. The van der Waals surface area contributed by atoms with Crippen molar-refractivity contribution < 1.29 is 9.53 Å². The van der Waals surface area contributed by atoms with Gasteiger partial charge in [0.15, 0.2) is 0 Å². The monoisotopic (exact) mass is 272 g/mol. The first kappa shape index (κ1) is 12.9. The molecule has 94 valence electrons. The second kappa shape index (κ2) is 5.84. The van der Waals surface area contributed by atoms with E-state index in [9.17, 15) is 4.79 Å². The fraction of sp³-hybridized carbons (Fsp3) is 0.636. The molecule has 6 heteroatoms. The highest BCUT2D eigenvalue weighted by Gasteiger charge is 2.18. The zero-order chi connectivity index (χ0) is 12.3. The number of ether oxygens (including phenoxy) is 1. The molecule has 2 aliphatic rings. The topological polar surface area (TPSA) is 32.8 Å². The van der Waals surface area contributed by atoms with E-state index in [4.69, 9.17) is 17.0 Å². The van der Waals surface area contributed by atoms with Crippen LogP contribution in [0.25, 0.3) is 0 Å². The number of carbonyl (C=O) groups is 1. The molecule has 4 nitrogen and oxygen atoms in total. The van der Waals surface area contributed by atoms with Crippen molar-refractivity contribution in [2.24, 2.45) is 0 Å². The van der Waals surface area contributed by atoms with Crippen LogP contribution < -0.4 is 0 Å². The Morgan fingerprint density at radius 2 is 2.18 bits per heavy atom. The van der Waals surface area contributed by atoms with Crippen LogP contribution in [-0.2, 0) is 9.53 Å². The van der Waals surface area contributed by atoms with Crippen LogP contribution in [0.1, 0.15) is 0 Å². The van der Waals surface area contributed by atoms with E-state index in [0.717, 1.165) is 41.8 Å². The molecule has 0 atom stereocenters. The summed E-state index contributed by atoms with van der Waals surface area (Å²) in [5, 5.41) is 0. The van der Waals surface area contributed by atoms with Crippen molar-refractivity contribution in [1.82, 2.24) is 9.80 Å². The Hall–Kier alpha value is -0.590. The van der Waals surface area contributed by atoms with Crippen LogP contribution >= 0.6 is 24.0 Å². The average Bonchev–Trinajstić information content (AvgIpc) is 2.73. The van der Waals surface area contributed by atoms with Gasteiger partial charge in [0.25, 0.3) is 0 Å². The normalized spacial score (nSPS) is 21.4. The van der Waals surface area contributed by atoms with Crippen LogP contribution in [0.15, 0.2) is 11.6 Å². The number of thioether (sulfide) groups is 1. The summed E-state index contributed by atoms with van der Waals surface area (Å²) in [6, 6.07) is 0. The lowest BCUT2D eigenvalue weighted by Gasteiger charge is -2.33. The Balaban J connectivity index is 1.74. The van der Waals surface area contributed by atoms with Gasteiger partial charge in [0, 0.05) is 38.0 Å². The zero-order valence-corrected chi connectivity index (χ0v) is 11.5. The van der Waals surface area contributed by atoms with Gasteiger partial charge in [-0.1, -0.05) is 24.0 Å². The molecular formula is C11H16N2O2S2. The highest BCUT2D eigenvalue weighted by molar-refractivity contribution is 8.23. The number of hydrogen-bond acceptors (Lipinski definition) is 5. The number of rotatable bonds is 2. The lowest BCUT2D eigenvalue weighted by molar-refractivity contribution is -0.134. The number of piperazine rings is 1. The van der Waals surface area contributed by atoms with Gasteiger partial charge in [0.05, 0.1) is 0 Å². The molecule has 0 aromatic rings. The number of thiocarbonyl (C=S) groups is 1. The predicted molar refractivity (Wildman–Crippen MR) is 73.2 cm³/mol. The highest BCUT2D eigenvalue weighted by Crippen LogP contribution is 2.17. The first-order valence-electron chi connectivity index (χ1n) is 5.61. The minimum atomic E-state index is -0.230. The van der Waals surface area contributed by atoms with Gasteiger partial charge >= 0.3 is 5.97 Å². The van der Waals surface area contributed by atoms with Gasteiger partial charge < -0.3 is 14.5 Å². The van der Waals surface area contributed by atoms with Crippen LogP contribution in [0.5, 0.6) is 0 Å². The molecule has 0 spiro atoms. The molecule has 1 fully saturated rings. The second-order valence-electron chi connectivity index (χ2n) is 4.26. The number of esters is 1. The van der Waals surface area contributed by atoms with E-state index >= 15 is 0 Å². The zero-order valence-electron chi connectivity index (χ0n) is 9.85. The fourth-order valence-corrected chi connectivity index (χ4v) is 2.93. The first-order valence-corrected chi connectivity index (χ1v) is 7.01. The van der Waals surface area contributed by atoms with Crippen molar-refractivity contribution in [1.29, 1.82) is 0 Å². The van der Waals surface area contributed by atoms with Gasteiger partial charge in [-0.25, -0.2) is 4.79 Å². The van der Waals surface area contributed by atoms with Crippen LogP contribution in [0, 0.1) is 0 Å². The molecule has 0 aromatic heterocycles. The van der Waals surface area contributed by atoms with Crippen molar-refractivity contribution in [3.63, 3.8) is 0 Å². The third-order valence-corrected chi connectivity index (χ3v) is 4.50. The molecule has 17 heavy (non-hydrogen) atoms. The number of nitrogens with zero attached hydrogens (tertiary/aromatic N) is 2. The van der Waals surface area contributed by atoms with E-state index in [1.165, 1.54) is 0 Å². The van der Waals surface area contributed by atoms with Crippen LogP contribution in [0.4, 0.5) is 0 Å².